The average Bonchev–Trinajstić information content (AvgIpc) is 3.55. The molecule has 1 saturated carbocycles. The highest BCUT2D eigenvalue weighted by atomic mass is 15.3. The molecule has 1 saturated heterocycles. The van der Waals surface area contributed by atoms with Gasteiger partial charge in [0.25, 0.3) is 0 Å². The maximum Gasteiger partial charge on any atom is 0.211 e. The fourth-order valence-electron chi connectivity index (χ4n) is 5.77. The Morgan fingerprint density at radius 1 is 0.971 bits per heavy atom. The zero-order valence-electron chi connectivity index (χ0n) is 20.6. The van der Waals surface area contributed by atoms with E-state index in [0.29, 0.717) is 17.5 Å². The summed E-state index contributed by atoms with van der Waals surface area (Å²) < 4.78 is 2.23. The molecule has 5 rings (SSSR count). The lowest BCUT2D eigenvalue weighted by molar-refractivity contribution is 0.315. The molecule has 0 N–H and O–H groups in total. The Kier molecular flexibility index (Phi) is 6.82. The second kappa shape index (κ2) is 10.1. The number of nitriles is 1. The van der Waals surface area contributed by atoms with Gasteiger partial charge in [-0.15, -0.1) is 0 Å². The normalized spacial score (nSPS) is 20.3. The van der Waals surface area contributed by atoms with E-state index in [0.717, 1.165) is 42.4 Å². The van der Waals surface area contributed by atoms with Crippen LogP contribution in [-0.2, 0) is 0 Å². The van der Waals surface area contributed by atoms with E-state index in [9.17, 15) is 5.26 Å². The van der Waals surface area contributed by atoms with E-state index in [1.54, 1.807) is 0 Å². The van der Waals surface area contributed by atoms with E-state index in [-0.39, 0.29) is 0 Å². The molecule has 6 heteroatoms. The molecule has 2 fully saturated rings. The van der Waals surface area contributed by atoms with Crippen molar-refractivity contribution in [2.45, 2.75) is 69.7 Å². The first kappa shape index (κ1) is 22.9. The fourth-order valence-corrected chi connectivity index (χ4v) is 5.77. The highest BCUT2D eigenvalue weighted by molar-refractivity contribution is 5.74. The maximum atomic E-state index is 9.32. The molecule has 1 aromatic carbocycles. The van der Waals surface area contributed by atoms with E-state index in [1.165, 1.54) is 56.9 Å². The van der Waals surface area contributed by atoms with E-state index >= 15 is 0 Å². The summed E-state index contributed by atoms with van der Waals surface area (Å²) in [5.41, 5.74) is 5.17. The molecule has 178 valence electrons. The predicted molar refractivity (Wildman–Crippen MR) is 137 cm³/mol. The van der Waals surface area contributed by atoms with E-state index in [2.05, 4.69) is 52.7 Å². The molecule has 0 bridgehead atoms. The second-order valence-electron chi connectivity index (χ2n) is 10.2. The summed E-state index contributed by atoms with van der Waals surface area (Å²) in [4.78, 5) is 15.0. The Bertz CT molecular complexity index is 1150. The van der Waals surface area contributed by atoms with Crippen LogP contribution < -0.4 is 4.90 Å². The SMILES string of the molecule is CN(C)[C@@H]1CCN(c2nc(-c3ccc(C#N)cc3)c(C3CCCCCCCC3)c3nccn23)C1. The minimum Gasteiger partial charge on any atom is -0.340 e. The summed E-state index contributed by atoms with van der Waals surface area (Å²) in [6.07, 6.45) is 15.4. The summed E-state index contributed by atoms with van der Waals surface area (Å²) in [7, 11) is 4.33. The molecular formula is C28H36N6. The van der Waals surface area contributed by atoms with Gasteiger partial charge < -0.3 is 9.80 Å². The molecule has 0 unspecified atom stereocenters. The van der Waals surface area contributed by atoms with Crippen LogP contribution >= 0.6 is 0 Å². The van der Waals surface area contributed by atoms with E-state index < -0.39 is 0 Å². The number of benzene rings is 1. The number of aromatic nitrogens is 3. The quantitative estimate of drug-likeness (QED) is 0.509. The largest absolute Gasteiger partial charge is 0.340 e. The molecule has 1 aliphatic heterocycles. The molecule has 1 atom stereocenters. The third kappa shape index (κ3) is 4.54. The van der Waals surface area contributed by atoms with Gasteiger partial charge >= 0.3 is 0 Å². The lowest BCUT2D eigenvalue weighted by atomic mass is 9.87. The first-order valence-corrected chi connectivity index (χ1v) is 12.9. The van der Waals surface area contributed by atoms with Crippen molar-refractivity contribution >= 4 is 11.6 Å². The molecule has 2 aromatic heterocycles. The minimum atomic E-state index is 0.461. The highest BCUT2D eigenvalue weighted by Crippen LogP contribution is 2.39. The van der Waals surface area contributed by atoms with Gasteiger partial charge in [-0.05, 0) is 51.4 Å². The number of likely N-dealkylation sites (N-methyl/N-ethyl adjacent to an activating group) is 1. The van der Waals surface area contributed by atoms with Crippen molar-refractivity contribution < 1.29 is 0 Å². The lowest BCUT2D eigenvalue weighted by Crippen LogP contribution is -2.32. The van der Waals surface area contributed by atoms with Crippen LogP contribution in [0.3, 0.4) is 0 Å². The predicted octanol–water partition coefficient (Wildman–Crippen LogP) is 5.63. The van der Waals surface area contributed by atoms with Gasteiger partial charge in [-0.2, -0.15) is 5.26 Å². The van der Waals surface area contributed by atoms with Crippen molar-refractivity contribution in [3.8, 4) is 17.3 Å². The van der Waals surface area contributed by atoms with Gasteiger partial charge in [-0.25, -0.2) is 9.97 Å². The zero-order valence-corrected chi connectivity index (χ0v) is 20.6. The van der Waals surface area contributed by atoms with Crippen LogP contribution in [0.15, 0.2) is 36.7 Å². The van der Waals surface area contributed by atoms with Gasteiger partial charge in [0.15, 0.2) is 0 Å². The van der Waals surface area contributed by atoms with Crippen LogP contribution in [0, 0.1) is 11.3 Å². The van der Waals surface area contributed by atoms with E-state index in [4.69, 9.17) is 9.97 Å². The van der Waals surface area contributed by atoms with Gasteiger partial charge in [0, 0.05) is 42.7 Å². The molecule has 34 heavy (non-hydrogen) atoms. The molecular weight excluding hydrogens is 420 g/mol. The van der Waals surface area contributed by atoms with Crippen molar-refractivity contribution in [1.82, 2.24) is 19.3 Å². The van der Waals surface area contributed by atoms with Crippen molar-refractivity contribution in [3.05, 3.63) is 47.8 Å². The summed E-state index contributed by atoms with van der Waals surface area (Å²) in [6, 6.07) is 10.7. The number of hydrogen-bond acceptors (Lipinski definition) is 5. The Morgan fingerprint density at radius 3 is 2.32 bits per heavy atom. The Morgan fingerprint density at radius 2 is 1.68 bits per heavy atom. The number of anilines is 1. The van der Waals surface area contributed by atoms with Gasteiger partial charge in [-0.3, -0.25) is 4.40 Å². The van der Waals surface area contributed by atoms with E-state index in [1.807, 2.05) is 18.3 Å². The third-order valence-corrected chi connectivity index (χ3v) is 7.79. The summed E-state index contributed by atoms with van der Waals surface area (Å²) in [6.45, 7) is 1.97. The van der Waals surface area contributed by atoms with Crippen LogP contribution in [0.1, 0.15) is 74.8 Å². The van der Waals surface area contributed by atoms with Crippen LogP contribution in [-0.4, -0.2) is 52.5 Å². The first-order chi connectivity index (χ1) is 16.7. The molecule has 3 aromatic rings. The Hall–Kier alpha value is -2.91. The number of fused-ring (bicyclic) bond motifs is 1. The van der Waals surface area contributed by atoms with Gasteiger partial charge in [0.1, 0.15) is 5.65 Å². The minimum absolute atomic E-state index is 0.461. The second-order valence-corrected chi connectivity index (χ2v) is 10.2. The standard InChI is InChI=1S/C28H36N6/c1-32(2)24-15-17-33(20-24)28-31-26(23-13-11-21(19-29)12-14-23)25(27-30-16-18-34(27)28)22-9-7-5-3-4-6-8-10-22/h11-14,16,18,22,24H,3-10,15,17,20H2,1-2H3/t24-/m1/s1. The molecule has 6 nitrogen and oxygen atoms in total. The number of nitrogens with zero attached hydrogens (tertiary/aromatic N) is 6. The molecule has 0 radical (unpaired) electrons. The van der Waals surface area contributed by atoms with Crippen LogP contribution in [0.5, 0.6) is 0 Å². The number of rotatable bonds is 4. The first-order valence-electron chi connectivity index (χ1n) is 12.9. The van der Waals surface area contributed by atoms with Gasteiger partial charge in [0.2, 0.25) is 5.95 Å². The van der Waals surface area contributed by atoms with Crippen LogP contribution in [0.4, 0.5) is 5.95 Å². The molecule has 0 amide bonds. The summed E-state index contributed by atoms with van der Waals surface area (Å²) in [5, 5.41) is 9.32. The lowest BCUT2D eigenvalue weighted by Gasteiger charge is -2.26. The topological polar surface area (TPSA) is 60.5 Å². The third-order valence-electron chi connectivity index (χ3n) is 7.79. The van der Waals surface area contributed by atoms with Gasteiger partial charge in [0.05, 0.1) is 17.3 Å². The maximum absolute atomic E-state index is 9.32. The molecule has 0 spiro atoms. The average molecular weight is 457 g/mol. The van der Waals surface area contributed by atoms with Crippen molar-refractivity contribution in [3.63, 3.8) is 0 Å². The Labute approximate surface area is 203 Å². The van der Waals surface area contributed by atoms with Crippen LogP contribution in [0.2, 0.25) is 0 Å². The highest BCUT2D eigenvalue weighted by Gasteiger charge is 2.30. The molecule has 3 heterocycles. The van der Waals surface area contributed by atoms with Gasteiger partial charge in [-0.1, -0.05) is 50.7 Å². The Balaban J connectivity index is 1.65. The monoisotopic (exact) mass is 456 g/mol. The zero-order chi connectivity index (χ0) is 23.5. The smallest absolute Gasteiger partial charge is 0.211 e. The van der Waals surface area contributed by atoms with Crippen LogP contribution in [0.25, 0.3) is 16.9 Å². The number of imidazole rings is 1. The molecule has 1 aliphatic carbocycles. The number of hydrogen-bond donors (Lipinski definition) is 0. The van der Waals surface area contributed by atoms with Crippen molar-refractivity contribution in [2.24, 2.45) is 0 Å². The fraction of sp³-hybridized carbons (Fsp3) is 0.536. The van der Waals surface area contributed by atoms with Crippen molar-refractivity contribution in [2.75, 3.05) is 32.1 Å². The molecule has 2 aliphatic rings. The summed E-state index contributed by atoms with van der Waals surface area (Å²) >= 11 is 0. The van der Waals surface area contributed by atoms with Crippen molar-refractivity contribution in [1.29, 1.82) is 5.26 Å². The summed E-state index contributed by atoms with van der Waals surface area (Å²) in [5.74, 6) is 1.45.